The number of halogens is 2. The van der Waals surface area contributed by atoms with E-state index in [9.17, 15) is 23.5 Å². The van der Waals surface area contributed by atoms with E-state index < -0.39 is 29.3 Å². The van der Waals surface area contributed by atoms with Gasteiger partial charge in [0.25, 0.3) is 5.91 Å². The van der Waals surface area contributed by atoms with Gasteiger partial charge in [0, 0.05) is 22.7 Å². The molecule has 0 saturated heterocycles. The van der Waals surface area contributed by atoms with Crippen molar-refractivity contribution in [2.24, 2.45) is 0 Å². The number of fused-ring (bicyclic) bond motifs is 1. The molecular weight excluding hydrogens is 392 g/mol. The molecule has 1 fully saturated rings. The van der Waals surface area contributed by atoms with E-state index in [0.29, 0.717) is 16.6 Å². The van der Waals surface area contributed by atoms with Crippen LogP contribution in [0.3, 0.4) is 0 Å². The first-order valence-electron chi connectivity index (χ1n) is 9.87. The van der Waals surface area contributed by atoms with Crippen LogP contribution in [0.2, 0.25) is 0 Å². The lowest BCUT2D eigenvalue weighted by atomic mass is 10.1. The number of carbonyl (C=O) groups is 2. The molecule has 1 aliphatic rings. The Hall–Kier alpha value is -3.22. The van der Waals surface area contributed by atoms with Crippen molar-refractivity contribution in [1.29, 1.82) is 0 Å². The van der Waals surface area contributed by atoms with Crippen molar-refractivity contribution in [3.05, 3.63) is 64.9 Å². The molecule has 4 rings (SSSR count). The summed E-state index contributed by atoms with van der Waals surface area (Å²) in [6, 6.07) is 7.29. The van der Waals surface area contributed by atoms with Gasteiger partial charge in [-0.25, -0.2) is 8.78 Å². The Morgan fingerprint density at radius 3 is 2.47 bits per heavy atom. The van der Waals surface area contributed by atoms with Crippen molar-refractivity contribution >= 4 is 22.8 Å². The zero-order chi connectivity index (χ0) is 21.4. The number of carbonyl (C=O) groups excluding carboxylic acids is 2. The van der Waals surface area contributed by atoms with Gasteiger partial charge in [-0.2, -0.15) is 0 Å². The first-order chi connectivity index (χ1) is 14.3. The van der Waals surface area contributed by atoms with Crippen molar-refractivity contribution in [2.45, 2.75) is 45.1 Å². The fraction of sp³-hybridized carbons (Fsp3) is 0.304. The molecule has 0 aliphatic heterocycles. The Bertz CT molecular complexity index is 1130. The number of aromatic nitrogens is 1. The standard InChI is InChI=1S/C23H21F2NO4/c1-13-17(11-22(28)30-16-4-2-3-5-16)18-10-21(27)19(25)12-20(18)26(13)23(29)14-6-8-15(24)9-7-14/h6-10,12,16,27H,2-5,11H2,1H3. The number of phenolic OH excluding ortho intramolecular Hbond substituents is 1. The van der Waals surface area contributed by atoms with Crippen LogP contribution in [0.1, 0.15) is 47.3 Å². The molecule has 2 aromatic carbocycles. The number of benzene rings is 2. The van der Waals surface area contributed by atoms with Crippen LogP contribution in [0.25, 0.3) is 10.9 Å². The third-order valence-corrected chi connectivity index (χ3v) is 5.62. The third-order valence-electron chi connectivity index (χ3n) is 5.62. The highest BCUT2D eigenvalue weighted by Crippen LogP contribution is 2.32. The van der Waals surface area contributed by atoms with Gasteiger partial charge >= 0.3 is 5.97 Å². The molecule has 0 bridgehead atoms. The van der Waals surface area contributed by atoms with Gasteiger partial charge < -0.3 is 9.84 Å². The van der Waals surface area contributed by atoms with E-state index in [1.54, 1.807) is 6.92 Å². The van der Waals surface area contributed by atoms with Gasteiger partial charge in [-0.1, -0.05) is 0 Å². The smallest absolute Gasteiger partial charge is 0.310 e. The summed E-state index contributed by atoms with van der Waals surface area (Å²) in [7, 11) is 0. The lowest BCUT2D eigenvalue weighted by Crippen LogP contribution is -2.17. The lowest BCUT2D eigenvalue weighted by Gasteiger charge is -2.11. The summed E-state index contributed by atoms with van der Waals surface area (Å²) in [6.45, 7) is 1.65. The van der Waals surface area contributed by atoms with Gasteiger partial charge in [0.05, 0.1) is 11.9 Å². The second-order valence-corrected chi connectivity index (χ2v) is 7.61. The van der Waals surface area contributed by atoms with Crippen LogP contribution in [-0.4, -0.2) is 27.7 Å². The SMILES string of the molecule is Cc1c(CC(=O)OC2CCCC2)c2cc(O)c(F)cc2n1C(=O)c1ccc(F)cc1. The van der Waals surface area contributed by atoms with Crippen LogP contribution in [0.15, 0.2) is 36.4 Å². The van der Waals surface area contributed by atoms with Crippen LogP contribution in [0.4, 0.5) is 8.78 Å². The number of aromatic hydroxyl groups is 1. The highest BCUT2D eigenvalue weighted by Gasteiger charge is 2.25. The molecule has 156 valence electrons. The zero-order valence-electron chi connectivity index (χ0n) is 16.5. The quantitative estimate of drug-likeness (QED) is 0.632. The van der Waals surface area contributed by atoms with Crippen molar-refractivity contribution < 1.29 is 28.2 Å². The van der Waals surface area contributed by atoms with Crippen LogP contribution < -0.4 is 0 Å². The molecule has 1 N–H and O–H groups in total. The molecule has 7 heteroatoms. The van der Waals surface area contributed by atoms with Crippen LogP contribution in [0, 0.1) is 18.6 Å². The van der Waals surface area contributed by atoms with E-state index in [-0.39, 0.29) is 23.6 Å². The molecule has 0 spiro atoms. The summed E-state index contributed by atoms with van der Waals surface area (Å²) in [5, 5.41) is 10.3. The summed E-state index contributed by atoms with van der Waals surface area (Å²) in [5.41, 5.74) is 1.36. The number of ether oxygens (including phenoxy) is 1. The predicted molar refractivity (Wildman–Crippen MR) is 106 cm³/mol. The Morgan fingerprint density at radius 2 is 1.80 bits per heavy atom. The number of hydrogen-bond acceptors (Lipinski definition) is 4. The minimum atomic E-state index is -0.881. The summed E-state index contributed by atoms with van der Waals surface area (Å²) < 4.78 is 34.2. The molecule has 1 aromatic heterocycles. The van der Waals surface area contributed by atoms with Crippen molar-refractivity contribution in [2.75, 3.05) is 0 Å². The van der Waals surface area contributed by atoms with E-state index in [0.717, 1.165) is 31.7 Å². The monoisotopic (exact) mass is 413 g/mol. The number of rotatable bonds is 4. The first-order valence-corrected chi connectivity index (χ1v) is 9.87. The first kappa shape index (κ1) is 20.1. The highest BCUT2D eigenvalue weighted by molar-refractivity contribution is 6.05. The normalized spacial score (nSPS) is 14.4. The van der Waals surface area contributed by atoms with Crippen LogP contribution in [-0.2, 0) is 16.0 Å². The minimum absolute atomic E-state index is 0.0992. The number of hydrogen-bond donors (Lipinski definition) is 1. The average molecular weight is 413 g/mol. The van der Waals surface area contributed by atoms with E-state index in [4.69, 9.17) is 4.74 Å². The molecule has 30 heavy (non-hydrogen) atoms. The van der Waals surface area contributed by atoms with E-state index in [2.05, 4.69) is 0 Å². The van der Waals surface area contributed by atoms with E-state index >= 15 is 0 Å². The van der Waals surface area contributed by atoms with Gasteiger partial charge in [-0.15, -0.1) is 0 Å². The van der Waals surface area contributed by atoms with Gasteiger partial charge in [0.15, 0.2) is 11.6 Å². The summed E-state index contributed by atoms with van der Waals surface area (Å²) in [5.74, 6) is -2.85. The summed E-state index contributed by atoms with van der Waals surface area (Å²) >= 11 is 0. The fourth-order valence-electron chi connectivity index (χ4n) is 4.07. The highest BCUT2D eigenvalue weighted by atomic mass is 19.1. The van der Waals surface area contributed by atoms with Gasteiger partial charge in [0.1, 0.15) is 11.9 Å². The maximum absolute atomic E-state index is 14.1. The number of esters is 1. The van der Waals surface area contributed by atoms with E-state index in [1.165, 1.54) is 34.9 Å². The molecule has 0 amide bonds. The minimum Gasteiger partial charge on any atom is -0.505 e. The summed E-state index contributed by atoms with van der Waals surface area (Å²) in [4.78, 5) is 25.6. The molecular formula is C23H21F2NO4. The van der Waals surface area contributed by atoms with Gasteiger partial charge in [-0.05, 0) is 68.5 Å². The molecule has 0 unspecified atom stereocenters. The Balaban J connectivity index is 1.77. The lowest BCUT2D eigenvalue weighted by molar-refractivity contribution is -0.147. The Labute approximate surface area is 171 Å². The van der Waals surface area contributed by atoms with Gasteiger partial charge in [0.2, 0.25) is 0 Å². The number of phenols is 1. The maximum Gasteiger partial charge on any atom is 0.310 e. The second-order valence-electron chi connectivity index (χ2n) is 7.61. The number of nitrogens with zero attached hydrogens (tertiary/aromatic N) is 1. The predicted octanol–water partition coefficient (Wildman–Crippen LogP) is 4.65. The van der Waals surface area contributed by atoms with E-state index in [1.807, 2.05) is 0 Å². The van der Waals surface area contributed by atoms with Crippen LogP contribution in [0.5, 0.6) is 5.75 Å². The molecule has 1 aliphatic carbocycles. The molecule has 5 nitrogen and oxygen atoms in total. The van der Waals surface area contributed by atoms with Crippen molar-refractivity contribution in [3.63, 3.8) is 0 Å². The largest absolute Gasteiger partial charge is 0.505 e. The van der Waals surface area contributed by atoms with Crippen molar-refractivity contribution in [3.8, 4) is 5.75 Å². The maximum atomic E-state index is 14.1. The third kappa shape index (κ3) is 3.67. The molecule has 1 saturated carbocycles. The Morgan fingerprint density at radius 1 is 1.13 bits per heavy atom. The average Bonchev–Trinajstić information content (AvgIpc) is 3.30. The molecule has 0 atom stereocenters. The summed E-state index contributed by atoms with van der Waals surface area (Å²) in [6.07, 6.45) is 3.51. The molecule has 3 aromatic rings. The molecule has 0 radical (unpaired) electrons. The Kier molecular flexibility index (Phi) is 5.28. The second kappa shape index (κ2) is 7.89. The zero-order valence-corrected chi connectivity index (χ0v) is 16.5. The van der Waals surface area contributed by atoms with Crippen molar-refractivity contribution in [1.82, 2.24) is 4.57 Å². The molecule has 1 heterocycles. The topological polar surface area (TPSA) is 68.5 Å². The van der Waals surface area contributed by atoms with Gasteiger partial charge in [-0.3, -0.25) is 14.2 Å². The van der Waals surface area contributed by atoms with Crippen LogP contribution >= 0.6 is 0 Å². The fourth-order valence-corrected chi connectivity index (χ4v) is 4.07.